The van der Waals surface area contributed by atoms with E-state index < -0.39 is 0 Å². The Bertz CT molecular complexity index is 770. The Morgan fingerprint density at radius 3 is 2.92 bits per heavy atom. The number of carbonyl (C=O) groups is 2. The summed E-state index contributed by atoms with van der Waals surface area (Å²) in [5.74, 6) is 0.215. The summed E-state index contributed by atoms with van der Waals surface area (Å²) in [6, 6.07) is 3.55. The lowest BCUT2D eigenvalue weighted by Crippen LogP contribution is -2.35. The second kappa shape index (κ2) is 6.32. The Labute approximate surface area is 143 Å². The van der Waals surface area contributed by atoms with Gasteiger partial charge in [-0.15, -0.1) is 0 Å². The molecule has 124 valence electrons. The molecular weight excluding hydrogens is 324 g/mol. The van der Waals surface area contributed by atoms with Crippen molar-refractivity contribution < 1.29 is 9.59 Å². The van der Waals surface area contributed by atoms with Crippen molar-refractivity contribution in [1.29, 1.82) is 0 Å². The van der Waals surface area contributed by atoms with Crippen molar-refractivity contribution in [2.24, 2.45) is 5.92 Å². The van der Waals surface area contributed by atoms with Gasteiger partial charge in [-0.05, 0) is 25.0 Å². The highest BCUT2D eigenvalue weighted by Crippen LogP contribution is 2.31. The zero-order valence-corrected chi connectivity index (χ0v) is 14.0. The van der Waals surface area contributed by atoms with Gasteiger partial charge in [0.15, 0.2) is 5.13 Å². The molecule has 0 unspecified atom stereocenters. The van der Waals surface area contributed by atoms with Gasteiger partial charge in [-0.1, -0.05) is 17.8 Å². The van der Waals surface area contributed by atoms with Crippen molar-refractivity contribution in [3.8, 4) is 0 Å². The van der Waals surface area contributed by atoms with Crippen LogP contribution in [0, 0.1) is 5.92 Å². The monoisotopic (exact) mass is 342 g/mol. The molecule has 2 aliphatic rings. The van der Waals surface area contributed by atoms with Gasteiger partial charge < -0.3 is 10.2 Å². The van der Waals surface area contributed by atoms with E-state index in [1.807, 2.05) is 4.90 Å². The van der Waals surface area contributed by atoms with Crippen LogP contribution >= 0.6 is 11.3 Å². The fourth-order valence-corrected chi connectivity index (χ4v) is 4.00. The maximum atomic E-state index is 12.5. The van der Waals surface area contributed by atoms with Gasteiger partial charge in [0.1, 0.15) is 0 Å². The SMILES string of the molecule is O=C(Nc1nc2c(s1)CN(C(=O)c1cccnc1)CC2)C1CCC1. The average Bonchev–Trinajstić information content (AvgIpc) is 2.94. The molecule has 0 bridgehead atoms. The minimum atomic E-state index is -0.0118. The average molecular weight is 342 g/mol. The number of hydrogen-bond donors (Lipinski definition) is 1. The van der Waals surface area contributed by atoms with Crippen LogP contribution in [-0.4, -0.2) is 33.2 Å². The molecule has 0 aromatic carbocycles. The highest BCUT2D eigenvalue weighted by Gasteiger charge is 2.28. The summed E-state index contributed by atoms with van der Waals surface area (Å²) in [4.78, 5) is 36.0. The van der Waals surface area contributed by atoms with Crippen molar-refractivity contribution in [2.75, 3.05) is 11.9 Å². The molecule has 0 saturated heterocycles. The number of amides is 2. The van der Waals surface area contributed by atoms with Gasteiger partial charge in [-0.25, -0.2) is 4.98 Å². The fraction of sp³-hybridized carbons (Fsp3) is 0.412. The number of hydrogen-bond acceptors (Lipinski definition) is 5. The Balaban J connectivity index is 1.45. The molecule has 2 aromatic rings. The number of thiazole rings is 1. The highest BCUT2D eigenvalue weighted by atomic mass is 32.1. The van der Waals surface area contributed by atoms with E-state index in [4.69, 9.17) is 0 Å². The largest absolute Gasteiger partial charge is 0.333 e. The molecule has 24 heavy (non-hydrogen) atoms. The Morgan fingerprint density at radius 1 is 1.33 bits per heavy atom. The van der Waals surface area contributed by atoms with Crippen molar-refractivity contribution in [3.05, 3.63) is 40.7 Å². The molecule has 1 fully saturated rings. The van der Waals surface area contributed by atoms with Gasteiger partial charge in [-0.3, -0.25) is 14.6 Å². The second-order valence-electron chi connectivity index (χ2n) is 6.22. The second-order valence-corrected chi connectivity index (χ2v) is 7.31. The first kappa shape index (κ1) is 15.3. The van der Waals surface area contributed by atoms with Crippen LogP contribution in [0.2, 0.25) is 0 Å². The van der Waals surface area contributed by atoms with Crippen LogP contribution in [-0.2, 0) is 17.8 Å². The van der Waals surface area contributed by atoms with Crippen molar-refractivity contribution in [1.82, 2.24) is 14.9 Å². The number of rotatable bonds is 3. The van der Waals surface area contributed by atoms with Gasteiger partial charge in [0.25, 0.3) is 5.91 Å². The van der Waals surface area contributed by atoms with Crippen LogP contribution in [0.3, 0.4) is 0 Å². The first-order valence-electron chi connectivity index (χ1n) is 8.19. The normalized spacial score (nSPS) is 17.1. The predicted octanol–water partition coefficient (Wildman–Crippen LogP) is 2.48. The van der Waals surface area contributed by atoms with Crippen LogP contribution in [0.4, 0.5) is 5.13 Å². The molecule has 1 saturated carbocycles. The van der Waals surface area contributed by atoms with E-state index in [0.717, 1.165) is 36.3 Å². The molecule has 1 aliphatic heterocycles. The zero-order chi connectivity index (χ0) is 16.5. The first-order chi connectivity index (χ1) is 11.7. The van der Waals surface area contributed by atoms with E-state index in [2.05, 4.69) is 15.3 Å². The number of nitrogens with one attached hydrogen (secondary N) is 1. The molecule has 3 heterocycles. The summed E-state index contributed by atoms with van der Waals surface area (Å²) >= 11 is 1.48. The molecule has 6 nitrogen and oxygen atoms in total. The summed E-state index contributed by atoms with van der Waals surface area (Å²) in [7, 11) is 0. The van der Waals surface area contributed by atoms with Crippen molar-refractivity contribution in [3.63, 3.8) is 0 Å². The van der Waals surface area contributed by atoms with Gasteiger partial charge in [0, 0.05) is 36.2 Å². The third-order valence-corrected chi connectivity index (χ3v) is 5.63. The summed E-state index contributed by atoms with van der Waals surface area (Å²) in [6.07, 6.45) is 7.06. The van der Waals surface area contributed by atoms with Gasteiger partial charge in [0.2, 0.25) is 5.91 Å². The summed E-state index contributed by atoms with van der Waals surface area (Å²) in [5, 5.41) is 3.59. The van der Waals surface area contributed by atoms with E-state index >= 15 is 0 Å². The number of anilines is 1. The number of pyridine rings is 1. The molecule has 1 aliphatic carbocycles. The van der Waals surface area contributed by atoms with Crippen LogP contribution in [0.15, 0.2) is 24.5 Å². The molecule has 1 N–H and O–H groups in total. The number of carbonyl (C=O) groups excluding carboxylic acids is 2. The molecule has 2 amide bonds. The lowest BCUT2D eigenvalue weighted by atomic mass is 9.85. The Kier molecular flexibility index (Phi) is 4.02. The maximum absolute atomic E-state index is 12.5. The predicted molar refractivity (Wildman–Crippen MR) is 90.8 cm³/mol. The maximum Gasteiger partial charge on any atom is 0.255 e. The third kappa shape index (κ3) is 2.91. The van der Waals surface area contributed by atoms with Gasteiger partial charge in [0.05, 0.1) is 17.8 Å². The lowest BCUT2D eigenvalue weighted by molar-refractivity contribution is -0.122. The molecule has 0 atom stereocenters. The summed E-state index contributed by atoms with van der Waals surface area (Å²) in [6.45, 7) is 1.18. The van der Waals surface area contributed by atoms with Crippen LogP contribution in [0.25, 0.3) is 0 Å². The van der Waals surface area contributed by atoms with E-state index in [-0.39, 0.29) is 17.7 Å². The third-order valence-electron chi connectivity index (χ3n) is 4.63. The van der Waals surface area contributed by atoms with E-state index in [1.165, 1.54) is 11.3 Å². The molecule has 7 heteroatoms. The number of nitrogens with zero attached hydrogens (tertiary/aromatic N) is 3. The van der Waals surface area contributed by atoms with Gasteiger partial charge in [-0.2, -0.15) is 0 Å². The van der Waals surface area contributed by atoms with E-state index in [1.54, 1.807) is 24.5 Å². The van der Waals surface area contributed by atoms with E-state index in [9.17, 15) is 9.59 Å². The minimum Gasteiger partial charge on any atom is -0.333 e. The topological polar surface area (TPSA) is 75.2 Å². The summed E-state index contributed by atoms with van der Waals surface area (Å²) < 4.78 is 0. The zero-order valence-electron chi connectivity index (χ0n) is 13.2. The molecule has 0 radical (unpaired) electrons. The number of aromatic nitrogens is 2. The standard InChI is InChI=1S/C17H18N4O2S/c22-15(11-3-1-4-11)20-17-19-13-6-8-21(10-14(13)24-17)16(23)12-5-2-7-18-9-12/h2,5,7,9,11H,1,3-4,6,8,10H2,(H,19,20,22). The first-order valence-corrected chi connectivity index (χ1v) is 9.01. The van der Waals surface area contributed by atoms with Crippen LogP contribution in [0.1, 0.15) is 40.2 Å². The minimum absolute atomic E-state index is 0.0118. The van der Waals surface area contributed by atoms with E-state index in [0.29, 0.717) is 23.8 Å². The van der Waals surface area contributed by atoms with Gasteiger partial charge >= 0.3 is 0 Å². The van der Waals surface area contributed by atoms with Crippen molar-refractivity contribution >= 4 is 28.3 Å². The molecular formula is C17H18N4O2S. The van der Waals surface area contributed by atoms with Crippen LogP contribution < -0.4 is 5.32 Å². The quantitative estimate of drug-likeness (QED) is 0.930. The Hall–Kier alpha value is -2.28. The molecule has 2 aromatic heterocycles. The molecule has 4 rings (SSSR count). The fourth-order valence-electron chi connectivity index (χ4n) is 2.97. The van der Waals surface area contributed by atoms with Crippen LogP contribution in [0.5, 0.6) is 0 Å². The summed E-state index contributed by atoms with van der Waals surface area (Å²) in [5.41, 5.74) is 1.60. The number of fused-ring (bicyclic) bond motifs is 1. The highest BCUT2D eigenvalue weighted by molar-refractivity contribution is 7.15. The Morgan fingerprint density at radius 2 is 2.21 bits per heavy atom. The lowest BCUT2D eigenvalue weighted by Gasteiger charge is -2.25. The smallest absolute Gasteiger partial charge is 0.255 e. The molecule has 0 spiro atoms. The van der Waals surface area contributed by atoms with Crippen molar-refractivity contribution in [2.45, 2.75) is 32.2 Å².